The topological polar surface area (TPSA) is 23.9 Å². The fourth-order valence-corrected chi connectivity index (χ4v) is 2.70. The van der Waals surface area contributed by atoms with Gasteiger partial charge in [0.1, 0.15) is 0 Å². The average molecular weight is 169 g/mol. The van der Waals surface area contributed by atoms with Crippen molar-refractivity contribution in [1.82, 2.24) is 0 Å². The second-order valence-corrected chi connectivity index (χ2v) is 4.10. The summed E-state index contributed by atoms with van der Waals surface area (Å²) in [6.07, 6.45) is 8.94. The van der Waals surface area contributed by atoms with Gasteiger partial charge in [-0.05, 0) is 36.8 Å². The Bertz CT molecular complexity index is 157. The first-order valence-corrected chi connectivity index (χ1v) is 5.77. The monoisotopic (exact) mass is 169 g/mol. The highest BCUT2D eigenvalue weighted by Gasteiger charge is 2.17. The van der Waals surface area contributed by atoms with E-state index in [4.69, 9.17) is 5.41 Å². The predicted molar refractivity (Wildman–Crippen MR) is 53.1 cm³/mol. The molecule has 1 saturated carbocycles. The summed E-state index contributed by atoms with van der Waals surface area (Å²) in [4.78, 5) is 0. The minimum absolute atomic E-state index is 0.819. The highest BCUT2D eigenvalue weighted by molar-refractivity contribution is 7.42. The molecule has 0 amide bonds. The Labute approximate surface area is 70.6 Å². The second-order valence-electron chi connectivity index (χ2n) is 3.02. The van der Waals surface area contributed by atoms with Crippen molar-refractivity contribution in [1.29, 1.82) is 5.41 Å². The molecule has 0 aromatic carbocycles. The van der Waals surface area contributed by atoms with Crippen LogP contribution in [-0.2, 0) is 0 Å². The maximum atomic E-state index is 7.00. The summed E-state index contributed by atoms with van der Waals surface area (Å²) < 4.78 is 0. The Kier molecular flexibility index (Phi) is 3.79. The molecule has 0 aromatic heterocycles. The van der Waals surface area contributed by atoms with Gasteiger partial charge in [0.25, 0.3) is 0 Å². The molecule has 11 heavy (non-hydrogen) atoms. The van der Waals surface area contributed by atoms with Crippen LogP contribution >= 0.6 is 8.58 Å². The summed E-state index contributed by atoms with van der Waals surface area (Å²) in [6.45, 7) is 2.22. The summed E-state index contributed by atoms with van der Waals surface area (Å²) in [5.74, 6) is 0.819. The molecular weight excluding hydrogens is 153 g/mol. The zero-order valence-corrected chi connectivity index (χ0v) is 8.06. The fourth-order valence-electron chi connectivity index (χ4n) is 1.75. The Hall–Kier alpha value is -0.160. The molecule has 1 fully saturated rings. The van der Waals surface area contributed by atoms with E-state index in [9.17, 15) is 0 Å². The minimum Gasteiger partial charge on any atom is -0.309 e. The second kappa shape index (κ2) is 4.66. The van der Waals surface area contributed by atoms with E-state index in [1.807, 2.05) is 6.08 Å². The molecule has 1 aliphatic carbocycles. The Balaban J connectivity index is 2.53. The standard InChI is InChI=1S/C9H16NP/c1-11-9(6-7-10)8-4-2-3-5-8/h6-8,10-11H,2-5H2,1H3/b9-6-,10-7?. The van der Waals surface area contributed by atoms with Crippen molar-refractivity contribution in [2.75, 3.05) is 6.66 Å². The molecular formula is C9H16NP. The smallest absolute Gasteiger partial charge is 0.0180 e. The SMILES string of the molecule is CP/C(=C\C=N)C1CCCC1. The largest absolute Gasteiger partial charge is 0.309 e. The van der Waals surface area contributed by atoms with Gasteiger partial charge in [-0.2, -0.15) is 0 Å². The van der Waals surface area contributed by atoms with Crippen LogP contribution in [0.4, 0.5) is 0 Å². The normalized spacial score (nSPS) is 21.7. The van der Waals surface area contributed by atoms with Crippen LogP contribution in [0, 0.1) is 11.3 Å². The average Bonchev–Trinajstić information content (AvgIpc) is 2.52. The third-order valence-electron chi connectivity index (χ3n) is 2.35. The predicted octanol–water partition coefficient (Wildman–Crippen LogP) is 3.02. The van der Waals surface area contributed by atoms with Gasteiger partial charge in [-0.15, -0.1) is 0 Å². The molecule has 1 rings (SSSR count). The van der Waals surface area contributed by atoms with Gasteiger partial charge in [0.2, 0.25) is 0 Å². The molecule has 1 atom stereocenters. The van der Waals surface area contributed by atoms with Crippen molar-refractivity contribution < 1.29 is 0 Å². The first-order chi connectivity index (χ1) is 5.38. The molecule has 0 heterocycles. The van der Waals surface area contributed by atoms with Gasteiger partial charge in [0.15, 0.2) is 0 Å². The zero-order valence-electron chi connectivity index (χ0n) is 7.06. The van der Waals surface area contributed by atoms with Gasteiger partial charge >= 0.3 is 0 Å². The molecule has 2 heteroatoms. The summed E-state index contributed by atoms with van der Waals surface area (Å²) >= 11 is 0. The molecule has 1 aliphatic rings. The van der Waals surface area contributed by atoms with E-state index in [0.29, 0.717) is 0 Å². The van der Waals surface area contributed by atoms with Crippen LogP contribution < -0.4 is 0 Å². The van der Waals surface area contributed by atoms with Crippen LogP contribution in [0.15, 0.2) is 11.4 Å². The number of hydrogen-bond acceptors (Lipinski definition) is 1. The maximum Gasteiger partial charge on any atom is 0.0180 e. The van der Waals surface area contributed by atoms with Crippen molar-refractivity contribution in [2.45, 2.75) is 25.7 Å². The molecule has 0 saturated heterocycles. The van der Waals surface area contributed by atoms with E-state index in [2.05, 4.69) is 6.66 Å². The molecule has 0 spiro atoms. The van der Waals surface area contributed by atoms with E-state index >= 15 is 0 Å². The van der Waals surface area contributed by atoms with Crippen LogP contribution in [0.5, 0.6) is 0 Å². The molecule has 1 N–H and O–H groups in total. The lowest BCUT2D eigenvalue weighted by atomic mass is 10.1. The van der Waals surface area contributed by atoms with Gasteiger partial charge in [-0.25, -0.2) is 0 Å². The molecule has 0 aliphatic heterocycles. The highest BCUT2D eigenvalue weighted by atomic mass is 31.1. The zero-order chi connectivity index (χ0) is 8.10. The first kappa shape index (κ1) is 8.93. The molecule has 0 radical (unpaired) electrons. The number of nitrogens with one attached hydrogen (secondary N) is 1. The van der Waals surface area contributed by atoms with Gasteiger partial charge in [-0.1, -0.05) is 21.4 Å². The van der Waals surface area contributed by atoms with Gasteiger partial charge in [0.05, 0.1) is 0 Å². The summed E-state index contributed by atoms with van der Waals surface area (Å²) in [5.41, 5.74) is 0. The molecule has 1 unspecified atom stereocenters. The fraction of sp³-hybridized carbons (Fsp3) is 0.667. The van der Waals surface area contributed by atoms with Crippen molar-refractivity contribution in [2.24, 2.45) is 5.92 Å². The van der Waals surface area contributed by atoms with Crippen LogP contribution in [0.3, 0.4) is 0 Å². The van der Waals surface area contributed by atoms with E-state index in [0.717, 1.165) is 14.5 Å². The van der Waals surface area contributed by atoms with Gasteiger partial charge < -0.3 is 5.41 Å². The lowest BCUT2D eigenvalue weighted by molar-refractivity contribution is 0.674. The first-order valence-electron chi connectivity index (χ1n) is 4.27. The molecule has 62 valence electrons. The lowest BCUT2D eigenvalue weighted by Crippen LogP contribution is -1.93. The van der Waals surface area contributed by atoms with Gasteiger partial charge in [0, 0.05) is 6.21 Å². The van der Waals surface area contributed by atoms with Crippen LogP contribution in [0.25, 0.3) is 0 Å². The van der Waals surface area contributed by atoms with E-state index in [1.54, 1.807) is 0 Å². The summed E-state index contributed by atoms with van der Waals surface area (Å²) in [6, 6.07) is 0. The van der Waals surface area contributed by atoms with Crippen molar-refractivity contribution in [3.05, 3.63) is 11.4 Å². The maximum absolute atomic E-state index is 7.00. The van der Waals surface area contributed by atoms with Crippen LogP contribution in [-0.4, -0.2) is 12.9 Å². The quantitative estimate of drug-likeness (QED) is 0.496. The summed E-state index contributed by atoms with van der Waals surface area (Å²) in [7, 11) is 0.900. The van der Waals surface area contributed by atoms with Crippen molar-refractivity contribution in [3.63, 3.8) is 0 Å². The van der Waals surface area contributed by atoms with Crippen molar-refractivity contribution >= 4 is 14.8 Å². The molecule has 1 nitrogen and oxygen atoms in total. The Morgan fingerprint density at radius 3 is 2.55 bits per heavy atom. The number of allylic oxidation sites excluding steroid dienone is 2. The molecule has 0 bridgehead atoms. The Morgan fingerprint density at radius 1 is 1.45 bits per heavy atom. The number of hydrogen-bond donors (Lipinski definition) is 1. The third kappa shape index (κ3) is 2.41. The minimum atomic E-state index is 0.819. The van der Waals surface area contributed by atoms with Crippen LogP contribution in [0.1, 0.15) is 25.7 Å². The van der Waals surface area contributed by atoms with Gasteiger partial charge in [-0.3, -0.25) is 0 Å². The van der Waals surface area contributed by atoms with E-state index in [-0.39, 0.29) is 0 Å². The Morgan fingerprint density at radius 2 is 2.09 bits per heavy atom. The third-order valence-corrected chi connectivity index (χ3v) is 3.50. The van der Waals surface area contributed by atoms with Crippen LogP contribution in [0.2, 0.25) is 0 Å². The highest BCUT2D eigenvalue weighted by Crippen LogP contribution is 2.38. The van der Waals surface area contributed by atoms with Crippen molar-refractivity contribution in [3.8, 4) is 0 Å². The van der Waals surface area contributed by atoms with E-state index < -0.39 is 0 Å². The number of rotatable bonds is 3. The molecule has 0 aromatic rings. The lowest BCUT2D eigenvalue weighted by Gasteiger charge is -2.10. The van der Waals surface area contributed by atoms with E-state index in [1.165, 1.54) is 37.2 Å². The summed E-state index contributed by atoms with van der Waals surface area (Å²) in [5, 5.41) is 8.51.